The second-order valence-corrected chi connectivity index (χ2v) is 5.15. The zero-order valence-corrected chi connectivity index (χ0v) is 12.7. The molecule has 1 aliphatic rings. The highest BCUT2D eigenvalue weighted by atomic mass is 35.5. The van der Waals surface area contributed by atoms with Crippen molar-refractivity contribution in [3.8, 4) is 5.75 Å². The fraction of sp³-hybridized carbons (Fsp3) is 0.333. The number of aliphatic carboxylic acids is 1. The fourth-order valence-corrected chi connectivity index (χ4v) is 2.32. The van der Waals surface area contributed by atoms with Crippen LogP contribution >= 0.6 is 11.6 Å². The summed E-state index contributed by atoms with van der Waals surface area (Å²) in [5.74, 6) is -0.682. The van der Waals surface area contributed by atoms with E-state index in [1.54, 1.807) is 24.3 Å². The number of benzene rings is 1. The number of amides is 1. The largest absolute Gasteiger partial charge is 0.480 e. The van der Waals surface area contributed by atoms with E-state index in [9.17, 15) is 14.7 Å². The van der Waals surface area contributed by atoms with Crippen LogP contribution in [0.2, 0.25) is 5.02 Å². The SMILES string of the molecule is COCCC(C(=O)O)N1CC(Oc2ccccc2Cl)=CC1=O. The highest BCUT2D eigenvalue weighted by Gasteiger charge is 2.34. The highest BCUT2D eigenvalue weighted by Crippen LogP contribution is 2.27. The molecule has 0 spiro atoms. The van der Waals surface area contributed by atoms with Crippen LogP contribution in [0.3, 0.4) is 0 Å². The highest BCUT2D eigenvalue weighted by molar-refractivity contribution is 6.32. The molecule has 7 heteroatoms. The number of ether oxygens (including phenoxy) is 2. The Morgan fingerprint density at radius 2 is 2.18 bits per heavy atom. The first kappa shape index (κ1) is 16.3. The molecule has 0 saturated carbocycles. The minimum Gasteiger partial charge on any atom is -0.480 e. The van der Waals surface area contributed by atoms with Gasteiger partial charge in [-0.2, -0.15) is 0 Å². The molecule has 1 N–H and O–H groups in total. The van der Waals surface area contributed by atoms with E-state index >= 15 is 0 Å². The Hall–Kier alpha value is -2.05. The summed E-state index contributed by atoms with van der Waals surface area (Å²) in [5.41, 5.74) is 0. The quantitative estimate of drug-likeness (QED) is 0.829. The van der Waals surface area contributed by atoms with E-state index in [-0.39, 0.29) is 19.6 Å². The first-order valence-electron chi connectivity index (χ1n) is 6.68. The smallest absolute Gasteiger partial charge is 0.326 e. The molecule has 0 saturated heterocycles. The topological polar surface area (TPSA) is 76.1 Å². The lowest BCUT2D eigenvalue weighted by Gasteiger charge is -2.24. The van der Waals surface area contributed by atoms with Crippen molar-refractivity contribution in [1.82, 2.24) is 4.90 Å². The number of carboxylic acids is 1. The Kier molecular flexibility index (Phi) is 5.41. The summed E-state index contributed by atoms with van der Waals surface area (Å²) >= 11 is 6.00. The van der Waals surface area contributed by atoms with Crippen LogP contribution in [0.15, 0.2) is 36.1 Å². The number of para-hydroxylation sites is 1. The molecule has 0 aromatic heterocycles. The maximum atomic E-state index is 12.0. The molecule has 1 unspecified atom stereocenters. The van der Waals surface area contributed by atoms with Gasteiger partial charge in [-0.05, 0) is 12.1 Å². The molecule has 1 aliphatic heterocycles. The molecule has 0 fully saturated rings. The fourth-order valence-electron chi connectivity index (χ4n) is 2.15. The van der Waals surface area contributed by atoms with E-state index in [1.807, 2.05) is 0 Å². The van der Waals surface area contributed by atoms with Crippen molar-refractivity contribution in [2.75, 3.05) is 20.3 Å². The molecule has 1 atom stereocenters. The summed E-state index contributed by atoms with van der Waals surface area (Å²) in [6.45, 7) is 0.339. The van der Waals surface area contributed by atoms with Crippen molar-refractivity contribution in [3.05, 3.63) is 41.1 Å². The first-order valence-corrected chi connectivity index (χ1v) is 7.06. The normalized spacial score (nSPS) is 15.6. The number of methoxy groups -OCH3 is 1. The van der Waals surface area contributed by atoms with Crippen LogP contribution in [-0.2, 0) is 14.3 Å². The number of carboxylic acid groups (broad SMARTS) is 1. The van der Waals surface area contributed by atoms with Gasteiger partial charge in [-0.15, -0.1) is 0 Å². The van der Waals surface area contributed by atoms with Crippen LogP contribution in [0.4, 0.5) is 0 Å². The van der Waals surface area contributed by atoms with Crippen molar-refractivity contribution in [2.45, 2.75) is 12.5 Å². The van der Waals surface area contributed by atoms with E-state index in [2.05, 4.69) is 0 Å². The summed E-state index contributed by atoms with van der Waals surface area (Å²) in [6.07, 6.45) is 1.50. The molecule has 6 nitrogen and oxygen atoms in total. The average Bonchev–Trinajstić information content (AvgIpc) is 2.82. The average molecular weight is 326 g/mol. The molecule has 1 aromatic carbocycles. The first-order chi connectivity index (χ1) is 10.5. The number of hydrogen-bond acceptors (Lipinski definition) is 4. The third-order valence-electron chi connectivity index (χ3n) is 3.23. The second-order valence-electron chi connectivity index (χ2n) is 4.74. The number of halogens is 1. The van der Waals surface area contributed by atoms with Crippen LogP contribution in [0.5, 0.6) is 5.75 Å². The summed E-state index contributed by atoms with van der Waals surface area (Å²) < 4.78 is 10.5. The predicted octanol–water partition coefficient (Wildman–Crippen LogP) is 1.93. The maximum absolute atomic E-state index is 12.0. The lowest BCUT2D eigenvalue weighted by atomic mass is 10.2. The van der Waals surface area contributed by atoms with Crippen molar-refractivity contribution >= 4 is 23.5 Å². The van der Waals surface area contributed by atoms with Crippen molar-refractivity contribution in [2.24, 2.45) is 0 Å². The van der Waals surface area contributed by atoms with Gasteiger partial charge in [-0.1, -0.05) is 23.7 Å². The zero-order valence-electron chi connectivity index (χ0n) is 12.0. The van der Waals surface area contributed by atoms with Crippen LogP contribution in [0.25, 0.3) is 0 Å². The lowest BCUT2D eigenvalue weighted by molar-refractivity contribution is -0.148. The summed E-state index contributed by atoms with van der Waals surface area (Å²) in [7, 11) is 1.48. The number of carbonyl (C=O) groups is 2. The minimum absolute atomic E-state index is 0.0880. The molecule has 1 heterocycles. The molecule has 0 aliphatic carbocycles. The molecule has 22 heavy (non-hydrogen) atoms. The third-order valence-corrected chi connectivity index (χ3v) is 3.54. The second kappa shape index (κ2) is 7.29. The Morgan fingerprint density at radius 1 is 1.45 bits per heavy atom. The molecular formula is C15H16ClNO5. The van der Waals surface area contributed by atoms with E-state index in [1.165, 1.54) is 18.1 Å². The summed E-state index contributed by atoms with van der Waals surface area (Å²) in [6, 6.07) is 5.92. The Labute approximate surface area is 132 Å². The van der Waals surface area contributed by atoms with Gasteiger partial charge in [0, 0.05) is 26.2 Å². The molecule has 118 valence electrons. The standard InChI is InChI=1S/C15H16ClNO5/c1-21-7-6-12(15(19)20)17-9-10(8-14(17)18)22-13-5-3-2-4-11(13)16/h2-5,8,12H,6-7,9H2,1H3,(H,19,20). The van der Waals surface area contributed by atoms with E-state index in [4.69, 9.17) is 21.1 Å². The predicted molar refractivity (Wildman–Crippen MR) is 79.8 cm³/mol. The summed E-state index contributed by atoms with van der Waals surface area (Å²) in [5, 5.41) is 9.68. The maximum Gasteiger partial charge on any atom is 0.326 e. The van der Waals surface area contributed by atoms with Gasteiger partial charge in [0.2, 0.25) is 0 Å². The van der Waals surface area contributed by atoms with Crippen LogP contribution < -0.4 is 4.74 Å². The molecule has 2 rings (SSSR count). The molecule has 0 radical (unpaired) electrons. The van der Waals surface area contributed by atoms with Gasteiger partial charge in [0.1, 0.15) is 17.6 Å². The lowest BCUT2D eigenvalue weighted by Crippen LogP contribution is -2.43. The van der Waals surface area contributed by atoms with Crippen LogP contribution in [-0.4, -0.2) is 48.2 Å². The van der Waals surface area contributed by atoms with E-state index in [0.29, 0.717) is 16.5 Å². The number of rotatable bonds is 7. The van der Waals surface area contributed by atoms with Crippen molar-refractivity contribution in [3.63, 3.8) is 0 Å². The number of hydrogen-bond donors (Lipinski definition) is 1. The summed E-state index contributed by atoms with van der Waals surface area (Å²) in [4.78, 5) is 24.6. The van der Waals surface area contributed by atoms with Gasteiger partial charge in [0.05, 0.1) is 11.6 Å². The molecule has 0 bridgehead atoms. The Bertz CT molecular complexity index is 601. The molecular weight excluding hydrogens is 310 g/mol. The Balaban J connectivity index is 2.06. The molecule has 1 amide bonds. The molecule has 1 aromatic rings. The van der Waals surface area contributed by atoms with Crippen LogP contribution in [0, 0.1) is 0 Å². The van der Waals surface area contributed by atoms with E-state index in [0.717, 1.165) is 0 Å². The van der Waals surface area contributed by atoms with Crippen LogP contribution in [0.1, 0.15) is 6.42 Å². The number of nitrogens with zero attached hydrogens (tertiary/aromatic N) is 1. The number of carbonyl (C=O) groups excluding carboxylic acids is 1. The van der Waals surface area contributed by atoms with Crippen molar-refractivity contribution in [1.29, 1.82) is 0 Å². The van der Waals surface area contributed by atoms with Gasteiger partial charge in [0.15, 0.2) is 0 Å². The zero-order chi connectivity index (χ0) is 16.1. The van der Waals surface area contributed by atoms with Gasteiger partial charge in [-0.25, -0.2) is 4.79 Å². The van der Waals surface area contributed by atoms with Gasteiger partial charge < -0.3 is 19.5 Å². The van der Waals surface area contributed by atoms with E-state index < -0.39 is 17.9 Å². The van der Waals surface area contributed by atoms with Gasteiger partial charge in [-0.3, -0.25) is 4.79 Å². The van der Waals surface area contributed by atoms with Crippen molar-refractivity contribution < 1.29 is 24.2 Å². The third kappa shape index (κ3) is 3.78. The van der Waals surface area contributed by atoms with Gasteiger partial charge in [0.25, 0.3) is 5.91 Å². The minimum atomic E-state index is -1.07. The van der Waals surface area contributed by atoms with Gasteiger partial charge >= 0.3 is 5.97 Å². The monoisotopic (exact) mass is 325 g/mol. The Morgan fingerprint density at radius 3 is 2.82 bits per heavy atom.